The van der Waals surface area contributed by atoms with Crippen LogP contribution in [0.5, 0.6) is 0 Å². The molecule has 2 aromatic rings. The summed E-state index contributed by atoms with van der Waals surface area (Å²) in [6.45, 7) is 4.00. The van der Waals surface area contributed by atoms with E-state index in [1.165, 1.54) is 6.42 Å². The lowest BCUT2D eigenvalue weighted by atomic mass is 10.3. The lowest BCUT2D eigenvalue weighted by Crippen LogP contribution is -2.00. The lowest BCUT2D eigenvalue weighted by Gasteiger charge is -1.96. The van der Waals surface area contributed by atoms with E-state index in [0.29, 0.717) is 17.4 Å². The van der Waals surface area contributed by atoms with Gasteiger partial charge in [-0.25, -0.2) is 9.97 Å². The minimum atomic E-state index is -1.01. The fraction of sp³-hybridized carbons (Fsp3) is 0.538. The molecule has 104 valence electrons. The van der Waals surface area contributed by atoms with E-state index in [1.54, 1.807) is 17.5 Å². The highest BCUT2D eigenvalue weighted by atomic mass is 32.2. The molecule has 0 aromatic carbocycles. The minimum absolute atomic E-state index is 0.357. The molecule has 0 saturated heterocycles. The van der Waals surface area contributed by atoms with Crippen molar-refractivity contribution >= 4 is 22.1 Å². The van der Waals surface area contributed by atoms with Gasteiger partial charge in [-0.15, -0.1) is 11.3 Å². The Morgan fingerprint density at radius 3 is 2.95 bits per heavy atom. The molecular formula is C13H18N2O2S2. The van der Waals surface area contributed by atoms with Crippen LogP contribution in [0.3, 0.4) is 0 Å². The molecule has 0 radical (unpaired) electrons. The van der Waals surface area contributed by atoms with E-state index in [4.69, 9.17) is 4.42 Å². The second-order valence-electron chi connectivity index (χ2n) is 4.43. The van der Waals surface area contributed by atoms with Crippen LogP contribution in [-0.2, 0) is 28.7 Å². The molecule has 0 spiro atoms. The van der Waals surface area contributed by atoms with Crippen LogP contribution in [0.4, 0.5) is 0 Å². The molecule has 4 nitrogen and oxygen atoms in total. The van der Waals surface area contributed by atoms with Crippen molar-refractivity contribution in [2.75, 3.05) is 0 Å². The van der Waals surface area contributed by atoms with Crippen LogP contribution in [0.15, 0.2) is 16.0 Å². The molecule has 2 heterocycles. The van der Waals surface area contributed by atoms with Gasteiger partial charge in [0.25, 0.3) is 0 Å². The van der Waals surface area contributed by atoms with Gasteiger partial charge in [0.05, 0.1) is 22.7 Å². The summed E-state index contributed by atoms with van der Waals surface area (Å²) in [6, 6.07) is 0. The molecule has 1 atom stereocenters. The number of thiazole rings is 1. The average molecular weight is 298 g/mol. The Morgan fingerprint density at radius 1 is 1.42 bits per heavy atom. The van der Waals surface area contributed by atoms with E-state index in [-0.39, 0.29) is 0 Å². The first-order valence-corrected chi connectivity index (χ1v) is 8.73. The Hall–Kier alpha value is -1.01. The average Bonchev–Trinajstić information content (AvgIpc) is 2.96. The molecule has 0 N–H and O–H groups in total. The molecule has 0 aliphatic rings. The maximum atomic E-state index is 12.0. The van der Waals surface area contributed by atoms with Crippen LogP contribution in [0.1, 0.15) is 42.1 Å². The van der Waals surface area contributed by atoms with Gasteiger partial charge in [0.1, 0.15) is 11.5 Å². The smallest absolute Gasteiger partial charge is 0.206 e. The molecule has 0 saturated carbocycles. The van der Waals surface area contributed by atoms with Crippen molar-refractivity contribution in [1.82, 2.24) is 9.97 Å². The number of nitrogens with zero attached hydrogens (tertiary/aromatic N) is 2. The number of aromatic nitrogens is 2. The van der Waals surface area contributed by atoms with Crippen molar-refractivity contribution < 1.29 is 8.63 Å². The van der Waals surface area contributed by atoms with Gasteiger partial charge >= 0.3 is 0 Å². The Labute approximate surface area is 119 Å². The van der Waals surface area contributed by atoms with Crippen LogP contribution < -0.4 is 0 Å². The number of oxazole rings is 1. The zero-order chi connectivity index (χ0) is 13.7. The number of hydrogen-bond donors (Lipinski definition) is 0. The zero-order valence-electron chi connectivity index (χ0n) is 11.2. The molecule has 0 bridgehead atoms. The third-order valence-electron chi connectivity index (χ3n) is 2.61. The topological polar surface area (TPSA) is 56.0 Å². The summed E-state index contributed by atoms with van der Waals surface area (Å²) in [7, 11) is -1.01. The minimum Gasteiger partial charge on any atom is -0.445 e. The Kier molecular flexibility index (Phi) is 5.27. The van der Waals surface area contributed by atoms with Crippen molar-refractivity contribution in [3.05, 3.63) is 33.9 Å². The third-order valence-corrected chi connectivity index (χ3v) is 4.75. The van der Waals surface area contributed by atoms with Gasteiger partial charge < -0.3 is 4.42 Å². The largest absolute Gasteiger partial charge is 0.445 e. The highest BCUT2D eigenvalue weighted by molar-refractivity contribution is 7.83. The van der Waals surface area contributed by atoms with Gasteiger partial charge in [0.2, 0.25) is 5.89 Å². The molecule has 0 fully saturated rings. The quantitative estimate of drug-likeness (QED) is 0.787. The first-order chi connectivity index (χ1) is 9.17. The van der Waals surface area contributed by atoms with Crippen LogP contribution >= 0.6 is 11.3 Å². The van der Waals surface area contributed by atoms with Gasteiger partial charge in [-0.3, -0.25) is 4.21 Å². The second kappa shape index (κ2) is 6.96. The van der Waals surface area contributed by atoms with E-state index in [2.05, 4.69) is 16.9 Å². The molecule has 0 amide bonds. The number of rotatable bonds is 7. The molecule has 0 aliphatic carbocycles. The maximum Gasteiger partial charge on any atom is 0.206 e. The lowest BCUT2D eigenvalue weighted by molar-refractivity contribution is 0.488. The van der Waals surface area contributed by atoms with Gasteiger partial charge in [0, 0.05) is 16.2 Å². The first kappa shape index (κ1) is 14.4. The van der Waals surface area contributed by atoms with Gasteiger partial charge in [-0.05, 0) is 19.8 Å². The number of hydrogen-bond acceptors (Lipinski definition) is 5. The fourth-order valence-corrected chi connectivity index (χ4v) is 3.61. The SMILES string of the molecule is CCCCc1nc(CS(=O)Cc2ncc(C)o2)cs1. The Morgan fingerprint density at radius 2 is 2.26 bits per heavy atom. The first-order valence-electron chi connectivity index (χ1n) is 6.37. The van der Waals surface area contributed by atoms with Crippen LogP contribution in [0.2, 0.25) is 0 Å². The molecule has 0 aliphatic heterocycles. The normalized spacial score (nSPS) is 12.7. The van der Waals surface area contributed by atoms with E-state index in [9.17, 15) is 4.21 Å². The van der Waals surface area contributed by atoms with Gasteiger partial charge in [-0.1, -0.05) is 13.3 Å². The predicted molar refractivity (Wildman–Crippen MR) is 77.5 cm³/mol. The second-order valence-corrected chi connectivity index (χ2v) is 6.83. The zero-order valence-corrected chi connectivity index (χ0v) is 12.9. The van der Waals surface area contributed by atoms with Crippen LogP contribution in [0.25, 0.3) is 0 Å². The summed E-state index contributed by atoms with van der Waals surface area (Å²) >= 11 is 1.66. The van der Waals surface area contributed by atoms with Crippen molar-refractivity contribution in [2.24, 2.45) is 0 Å². The van der Waals surface area contributed by atoms with Gasteiger partial charge in [-0.2, -0.15) is 0 Å². The van der Waals surface area contributed by atoms with Crippen LogP contribution in [0, 0.1) is 6.92 Å². The van der Waals surface area contributed by atoms with E-state index >= 15 is 0 Å². The molecular weight excluding hydrogens is 280 g/mol. The molecule has 19 heavy (non-hydrogen) atoms. The van der Waals surface area contributed by atoms with Crippen molar-refractivity contribution in [3.8, 4) is 0 Å². The van der Waals surface area contributed by atoms with Crippen molar-refractivity contribution in [2.45, 2.75) is 44.6 Å². The van der Waals surface area contributed by atoms with E-state index < -0.39 is 10.8 Å². The van der Waals surface area contributed by atoms with Crippen LogP contribution in [-0.4, -0.2) is 14.2 Å². The summed E-state index contributed by atoms with van der Waals surface area (Å²) in [4.78, 5) is 8.57. The highest BCUT2D eigenvalue weighted by Gasteiger charge is 2.10. The molecule has 2 rings (SSSR count). The maximum absolute atomic E-state index is 12.0. The predicted octanol–water partition coefficient (Wildman–Crippen LogP) is 3.23. The summed E-state index contributed by atoms with van der Waals surface area (Å²) in [5.41, 5.74) is 0.915. The Bertz CT molecular complexity index is 548. The van der Waals surface area contributed by atoms with Crippen molar-refractivity contribution in [3.63, 3.8) is 0 Å². The monoisotopic (exact) mass is 298 g/mol. The third kappa shape index (κ3) is 4.54. The fourth-order valence-electron chi connectivity index (χ4n) is 1.68. The number of aryl methyl sites for hydroxylation is 2. The van der Waals surface area contributed by atoms with Crippen molar-refractivity contribution in [1.29, 1.82) is 0 Å². The summed E-state index contributed by atoms with van der Waals surface area (Å²) in [6.07, 6.45) is 5.00. The van der Waals surface area contributed by atoms with E-state index in [0.717, 1.165) is 29.3 Å². The summed E-state index contributed by atoms with van der Waals surface area (Å²) < 4.78 is 17.3. The molecule has 1 unspecified atom stereocenters. The summed E-state index contributed by atoms with van der Waals surface area (Å²) in [5, 5.41) is 3.14. The summed E-state index contributed by atoms with van der Waals surface area (Å²) in [5.74, 6) is 2.12. The molecule has 6 heteroatoms. The number of unbranched alkanes of at least 4 members (excludes halogenated alkanes) is 1. The molecule has 2 aromatic heterocycles. The standard InChI is InChI=1S/C13H18N2O2S2/c1-3-4-5-13-15-11(7-18-13)8-19(16)9-12-14-6-10(2)17-12/h6-7H,3-5,8-9H2,1-2H3. The Balaban J connectivity index is 1.86. The van der Waals surface area contributed by atoms with Gasteiger partial charge in [0.15, 0.2) is 0 Å². The van der Waals surface area contributed by atoms with E-state index in [1.807, 2.05) is 12.3 Å². The highest BCUT2D eigenvalue weighted by Crippen LogP contribution is 2.15.